The molecule has 0 spiro atoms. The first-order valence-electron chi connectivity index (χ1n) is 15.8. The molecule has 4 heterocycles. The van der Waals surface area contributed by atoms with Crippen LogP contribution in [0.15, 0.2) is 29.6 Å². The molecule has 1 unspecified atom stereocenters. The van der Waals surface area contributed by atoms with Gasteiger partial charge in [0.2, 0.25) is 5.91 Å². The van der Waals surface area contributed by atoms with E-state index in [0.29, 0.717) is 58.1 Å². The molecular formula is C33H50N4O6S. The van der Waals surface area contributed by atoms with Gasteiger partial charge in [0.05, 0.1) is 41.8 Å². The summed E-state index contributed by atoms with van der Waals surface area (Å²) in [6.07, 6.45) is 1.07. The van der Waals surface area contributed by atoms with E-state index in [1.807, 2.05) is 49.3 Å². The number of hydrogen-bond donors (Lipinski definition) is 1. The highest BCUT2D eigenvalue weighted by molar-refractivity contribution is 7.13. The van der Waals surface area contributed by atoms with Crippen LogP contribution in [0, 0.1) is 17.3 Å². The van der Waals surface area contributed by atoms with Crippen LogP contribution in [0.5, 0.6) is 0 Å². The van der Waals surface area contributed by atoms with Gasteiger partial charge < -0.3 is 33.8 Å². The lowest BCUT2D eigenvalue weighted by atomic mass is 9.74. The molecule has 2 aromatic rings. The van der Waals surface area contributed by atoms with Crippen LogP contribution in [0.2, 0.25) is 0 Å². The number of ether oxygens (including phenoxy) is 2. The number of unbranched alkanes of at least 4 members (excludes halogenated alkanes) is 1. The summed E-state index contributed by atoms with van der Waals surface area (Å²) >= 11 is 1.64. The lowest BCUT2D eigenvalue weighted by Crippen LogP contribution is -2.66. The van der Waals surface area contributed by atoms with Gasteiger partial charge in [-0.05, 0) is 54.2 Å². The molecule has 11 heteroatoms. The average Bonchev–Trinajstić information content (AvgIpc) is 3.67. The van der Waals surface area contributed by atoms with E-state index in [9.17, 15) is 19.5 Å². The number of carbonyl (C=O) groups is 3. The Balaban J connectivity index is 1.76. The molecular weight excluding hydrogens is 580 g/mol. The Morgan fingerprint density at radius 2 is 1.86 bits per heavy atom. The first kappa shape index (κ1) is 34.0. The van der Waals surface area contributed by atoms with Crippen LogP contribution < -0.4 is 0 Å². The Morgan fingerprint density at radius 1 is 1.14 bits per heavy atom. The maximum Gasteiger partial charge on any atom is 0.407 e. The number of hydrogen-bond acceptors (Lipinski definition) is 6. The number of morpholine rings is 1. The summed E-state index contributed by atoms with van der Waals surface area (Å²) in [7, 11) is 1.69. The van der Waals surface area contributed by atoms with E-state index in [-0.39, 0.29) is 24.3 Å². The van der Waals surface area contributed by atoms with Crippen LogP contribution in [-0.2, 0) is 20.8 Å². The molecule has 2 aromatic heterocycles. The van der Waals surface area contributed by atoms with Crippen LogP contribution in [0.25, 0.3) is 10.6 Å². The van der Waals surface area contributed by atoms with Gasteiger partial charge in [-0.15, -0.1) is 11.3 Å². The summed E-state index contributed by atoms with van der Waals surface area (Å²) in [6, 6.07) is 7.03. The monoisotopic (exact) mass is 630 g/mol. The first-order valence-corrected chi connectivity index (χ1v) is 16.7. The maximum atomic E-state index is 14.8. The van der Waals surface area contributed by atoms with Crippen molar-refractivity contribution in [3.05, 3.63) is 35.3 Å². The summed E-state index contributed by atoms with van der Waals surface area (Å²) in [4.78, 5) is 47.6. The van der Waals surface area contributed by atoms with Gasteiger partial charge in [0, 0.05) is 46.4 Å². The van der Waals surface area contributed by atoms with E-state index in [1.165, 1.54) is 4.90 Å². The molecule has 244 valence electrons. The van der Waals surface area contributed by atoms with Gasteiger partial charge >= 0.3 is 6.09 Å². The molecule has 0 bridgehead atoms. The molecule has 2 aliphatic heterocycles. The second-order valence-electron chi connectivity index (χ2n) is 13.5. The molecule has 2 saturated heterocycles. The lowest BCUT2D eigenvalue weighted by molar-refractivity contribution is -0.144. The summed E-state index contributed by atoms with van der Waals surface area (Å²) < 4.78 is 12.8. The van der Waals surface area contributed by atoms with E-state index < -0.39 is 29.5 Å². The molecule has 0 aliphatic carbocycles. The minimum absolute atomic E-state index is 0.0599. The Labute approximate surface area is 265 Å². The summed E-state index contributed by atoms with van der Waals surface area (Å²) in [5, 5.41) is 12.5. The maximum absolute atomic E-state index is 14.8. The van der Waals surface area contributed by atoms with Crippen LogP contribution in [0.1, 0.15) is 64.4 Å². The van der Waals surface area contributed by atoms with Gasteiger partial charge in [-0.1, -0.05) is 40.7 Å². The molecule has 1 N–H and O–H groups in total. The quantitative estimate of drug-likeness (QED) is 0.334. The molecule has 4 rings (SSSR count). The van der Waals surface area contributed by atoms with Crippen LogP contribution in [0.3, 0.4) is 0 Å². The van der Waals surface area contributed by atoms with Crippen molar-refractivity contribution >= 4 is 29.2 Å². The number of piperidine rings is 1. The van der Waals surface area contributed by atoms with Crippen LogP contribution >= 0.6 is 11.3 Å². The normalized spacial score (nSPS) is 21.1. The van der Waals surface area contributed by atoms with Gasteiger partial charge in [0.1, 0.15) is 5.69 Å². The van der Waals surface area contributed by atoms with Gasteiger partial charge in [-0.3, -0.25) is 9.59 Å². The molecule has 0 saturated carbocycles. The summed E-state index contributed by atoms with van der Waals surface area (Å²) in [5.41, 5.74) is 1.10. The van der Waals surface area contributed by atoms with Crippen LogP contribution in [-0.4, -0.2) is 107 Å². The van der Waals surface area contributed by atoms with Gasteiger partial charge in [0.25, 0.3) is 5.91 Å². The van der Waals surface area contributed by atoms with Gasteiger partial charge in [-0.25, -0.2) is 4.79 Å². The van der Waals surface area contributed by atoms with E-state index in [1.54, 1.807) is 23.3 Å². The second kappa shape index (κ2) is 14.9. The predicted molar refractivity (Wildman–Crippen MR) is 172 cm³/mol. The van der Waals surface area contributed by atoms with Crippen LogP contribution in [0.4, 0.5) is 4.79 Å². The van der Waals surface area contributed by atoms with Gasteiger partial charge in [-0.2, -0.15) is 0 Å². The number of carbonyl (C=O) groups excluding carboxylic acids is 2. The van der Waals surface area contributed by atoms with Crippen molar-refractivity contribution in [2.75, 3.05) is 53.1 Å². The van der Waals surface area contributed by atoms with Crippen molar-refractivity contribution in [2.45, 2.75) is 72.5 Å². The molecule has 0 radical (unpaired) electrons. The fraction of sp³-hybridized carbons (Fsp3) is 0.667. The topological polar surface area (TPSA) is 105 Å². The van der Waals surface area contributed by atoms with Crippen molar-refractivity contribution < 1.29 is 29.0 Å². The Hall–Kier alpha value is -2.89. The number of likely N-dealkylation sites (tertiary alicyclic amines) is 1. The minimum Gasteiger partial charge on any atom is -0.465 e. The third-order valence-electron chi connectivity index (χ3n) is 8.62. The molecule has 2 aliphatic rings. The molecule has 3 atom stereocenters. The fourth-order valence-electron chi connectivity index (χ4n) is 6.77. The van der Waals surface area contributed by atoms with E-state index in [4.69, 9.17) is 9.47 Å². The van der Waals surface area contributed by atoms with E-state index in [0.717, 1.165) is 23.4 Å². The minimum atomic E-state index is -1.06. The number of aromatic nitrogens is 1. The highest BCUT2D eigenvalue weighted by Crippen LogP contribution is 2.39. The van der Waals surface area contributed by atoms with Crippen molar-refractivity contribution in [1.82, 2.24) is 19.3 Å². The highest BCUT2D eigenvalue weighted by atomic mass is 32.1. The third kappa shape index (κ3) is 7.84. The van der Waals surface area contributed by atoms with E-state index in [2.05, 4.69) is 24.5 Å². The van der Waals surface area contributed by atoms with E-state index >= 15 is 0 Å². The zero-order valence-corrected chi connectivity index (χ0v) is 28.0. The molecule has 3 amide bonds. The summed E-state index contributed by atoms with van der Waals surface area (Å²) in [5.74, 6) is -0.597. The Kier molecular flexibility index (Phi) is 11.5. The highest BCUT2D eigenvalue weighted by Gasteiger charge is 2.50. The van der Waals surface area contributed by atoms with Crippen molar-refractivity contribution in [2.24, 2.45) is 17.3 Å². The van der Waals surface area contributed by atoms with Crippen molar-refractivity contribution in [1.29, 1.82) is 0 Å². The standard InChI is InChI=1S/C33H50N4O6S/c1-23(2)21-36(31(39)26-12-11-25(28-10-9-19-44-28)35(26)13-7-8-16-42-6)27-20-24(30(38)34-14-17-43-18-15-34)22-37(32(40)41)29(27)33(3,4)5/h9-12,19,23-24,27,29H,7-8,13-18,20-22H2,1-6H3,(H,40,41)/t24-,27+,29?/m1/s1. The SMILES string of the molecule is COCCCCn1c(C(=O)N(CC(C)C)[C@H]2C[C@@H](C(=O)N3CCOCC3)CN(C(=O)O)C2C(C)(C)C)ccc1-c1cccs1. The summed E-state index contributed by atoms with van der Waals surface area (Å²) in [6.45, 7) is 14.0. The first-order chi connectivity index (χ1) is 20.9. The van der Waals surface area contributed by atoms with Crippen molar-refractivity contribution in [3.8, 4) is 10.6 Å². The molecule has 0 aromatic carbocycles. The predicted octanol–water partition coefficient (Wildman–Crippen LogP) is 5.38. The number of rotatable bonds is 11. The Morgan fingerprint density at radius 3 is 2.45 bits per heavy atom. The fourth-order valence-corrected chi connectivity index (χ4v) is 7.53. The largest absolute Gasteiger partial charge is 0.465 e. The Bertz CT molecular complexity index is 1250. The van der Waals surface area contributed by atoms with Crippen molar-refractivity contribution in [3.63, 3.8) is 0 Å². The van der Waals surface area contributed by atoms with Gasteiger partial charge in [0.15, 0.2) is 0 Å². The zero-order chi connectivity index (χ0) is 32.0. The second-order valence-corrected chi connectivity index (χ2v) is 14.4. The molecule has 44 heavy (non-hydrogen) atoms. The molecule has 10 nitrogen and oxygen atoms in total. The number of amides is 3. The number of thiophene rings is 1. The number of carboxylic acid groups (broad SMARTS) is 1. The zero-order valence-electron chi connectivity index (χ0n) is 27.2. The smallest absolute Gasteiger partial charge is 0.407 e. The third-order valence-corrected chi connectivity index (χ3v) is 9.52. The average molecular weight is 631 g/mol. The number of nitrogens with zero attached hydrogens (tertiary/aromatic N) is 4. The number of methoxy groups -OCH3 is 1. The molecule has 2 fully saturated rings. The lowest BCUT2D eigenvalue weighted by Gasteiger charge is -2.52.